The fourth-order valence-corrected chi connectivity index (χ4v) is 2.47. The molecule has 1 aromatic heterocycles. The molecule has 0 saturated carbocycles. The quantitative estimate of drug-likeness (QED) is 0.859. The van der Waals surface area contributed by atoms with Gasteiger partial charge in [-0.2, -0.15) is 0 Å². The molecule has 0 bridgehead atoms. The maximum absolute atomic E-state index is 11.9. The van der Waals surface area contributed by atoms with Gasteiger partial charge >= 0.3 is 0 Å². The van der Waals surface area contributed by atoms with Crippen LogP contribution in [0, 0.1) is 6.92 Å². The maximum Gasteiger partial charge on any atom is 0.234 e. The second-order valence-electron chi connectivity index (χ2n) is 4.48. The van der Waals surface area contributed by atoms with E-state index in [-0.39, 0.29) is 5.91 Å². The average molecular weight is 290 g/mol. The summed E-state index contributed by atoms with van der Waals surface area (Å²) in [6, 6.07) is 7.89. The zero-order valence-corrected chi connectivity index (χ0v) is 12.7. The lowest BCUT2D eigenvalue weighted by Gasteiger charge is -2.06. The standard InChI is InChI=1S/C14H18N4OS/c1-4-11-6-5-7-12(8-11)15-13(19)9-20-14-17-16-10(2)18(14)3/h5-8H,4,9H2,1-3H3,(H,15,19). The number of hydrogen-bond donors (Lipinski definition) is 1. The van der Waals surface area contributed by atoms with Crippen molar-refractivity contribution in [3.8, 4) is 0 Å². The number of carbonyl (C=O) groups excluding carboxylic acids is 1. The Labute approximate surface area is 122 Å². The van der Waals surface area contributed by atoms with Crippen LogP contribution in [-0.2, 0) is 18.3 Å². The first-order valence-corrected chi connectivity index (χ1v) is 7.46. The molecule has 1 amide bonds. The zero-order chi connectivity index (χ0) is 14.5. The molecule has 0 spiro atoms. The third-order valence-corrected chi connectivity index (χ3v) is 4.02. The van der Waals surface area contributed by atoms with E-state index in [1.54, 1.807) is 0 Å². The number of aromatic nitrogens is 3. The second kappa shape index (κ2) is 6.56. The second-order valence-corrected chi connectivity index (χ2v) is 5.42. The van der Waals surface area contributed by atoms with Crippen LogP contribution in [0.4, 0.5) is 5.69 Å². The summed E-state index contributed by atoms with van der Waals surface area (Å²) in [4.78, 5) is 11.9. The highest BCUT2D eigenvalue weighted by atomic mass is 32.2. The van der Waals surface area contributed by atoms with E-state index in [2.05, 4.69) is 22.4 Å². The summed E-state index contributed by atoms with van der Waals surface area (Å²) in [6.45, 7) is 3.97. The lowest BCUT2D eigenvalue weighted by molar-refractivity contribution is -0.113. The maximum atomic E-state index is 11.9. The molecule has 0 aliphatic heterocycles. The average Bonchev–Trinajstić information content (AvgIpc) is 2.77. The summed E-state index contributed by atoms with van der Waals surface area (Å²) in [6.07, 6.45) is 0.955. The van der Waals surface area contributed by atoms with Crippen molar-refractivity contribution in [3.05, 3.63) is 35.7 Å². The van der Waals surface area contributed by atoms with Crippen molar-refractivity contribution in [1.82, 2.24) is 14.8 Å². The van der Waals surface area contributed by atoms with Gasteiger partial charge in [0.15, 0.2) is 5.16 Å². The van der Waals surface area contributed by atoms with Crippen LogP contribution in [0.25, 0.3) is 0 Å². The molecule has 1 heterocycles. The van der Waals surface area contributed by atoms with Gasteiger partial charge in [0.05, 0.1) is 5.75 Å². The molecule has 2 aromatic rings. The molecule has 6 heteroatoms. The Morgan fingerprint density at radius 2 is 2.20 bits per heavy atom. The van der Waals surface area contributed by atoms with Crippen LogP contribution < -0.4 is 5.32 Å². The molecule has 106 valence electrons. The monoisotopic (exact) mass is 290 g/mol. The Balaban J connectivity index is 1.90. The predicted molar refractivity (Wildman–Crippen MR) is 80.9 cm³/mol. The third kappa shape index (κ3) is 3.60. The van der Waals surface area contributed by atoms with E-state index >= 15 is 0 Å². The van der Waals surface area contributed by atoms with E-state index in [9.17, 15) is 4.79 Å². The number of thioether (sulfide) groups is 1. The Bertz CT molecular complexity index is 609. The normalized spacial score (nSPS) is 10.6. The molecule has 1 aromatic carbocycles. The van der Waals surface area contributed by atoms with Crippen LogP contribution in [0.2, 0.25) is 0 Å². The van der Waals surface area contributed by atoms with E-state index in [0.29, 0.717) is 5.75 Å². The van der Waals surface area contributed by atoms with Gasteiger partial charge in [-0.15, -0.1) is 10.2 Å². The first kappa shape index (κ1) is 14.6. The predicted octanol–water partition coefficient (Wildman–Crippen LogP) is 2.42. The number of benzene rings is 1. The number of hydrogen-bond acceptors (Lipinski definition) is 4. The van der Waals surface area contributed by atoms with E-state index in [1.165, 1.54) is 17.3 Å². The summed E-state index contributed by atoms with van der Waals surface area (Å²) in [7, 11) is 1.89. The number of nitrogens with one attached hydrogen (secondary N) is 1. The fraction of sp³-hybridized carbons (Fsp3) is 0.357. The van der Waals surface area contributed by atoms with Gasteiger partial charge in [0.1, 0.15) is 5.82 Å². The van der Waals surface area contributed by atoms with Crippen LogP contribution in [-0.4, -0.2) is 26.4 Å². The summed E-state index contributed by atoms with van der Waals surface area (Å²) in [5, 5.41) is 11.6. The Morgan fingerprint density at radius 3 is 2.85 bits per heavy atom. The highest BCUT2D eigenvalue weighted by Crippen LogP contribution is 2.16. The summed E-state index contributed by atoms with van der Waals surface area (Å²) in [5.41, 5.74) is 2.04. The highest BCUT2D eigenvalue weighted by Gasteiger charge is 2.09. The number of carbonyl (C=O) groups is 1. The molecule has 0 atom stereocenters. The SMILES string of the molecule is CCc1cccc(NC(=O)CSc2nnc(C)n2C)c1. The number of rotatable bonds is 5. The van der Waals surface area contributed by atoms with Gasteiger partial charge in [-0.1, -0.05) is 30.8 Å². The molecule has 0 aliphatic carbocycles. The van der Waals surface area contributed by atoms with Crippen molar-refractivity contribution >= 4 is 23.4 Å². The van der Waals surface area contributed by atoms with Crippen molar-refractivity contribution < 1.29 is 4.79 Å². The molecule has 0 unspecified atom stereocenters. The number of anilines is 1. The molecule has 1 N–H and O–H groups in total. The third-order valence-electron chi connectivity index (χ3n) is 3.00. The Morgan fingerprint density at radius 1 is 1.40 bits per heavy atom. The van der Waals surface area contributed by atoms with Gasteiger partial charge in [0.25, 0.3) is 0 Å². The van der Waals surface area contributed by atoms with Crippen LogP contribution in [0.1, 0.15) is 18.3 Å². The fourth-order valence-electron chi connectivity index (χ4n) is 1.71. The van der Waals surface area contributed by atoms with Crippen molar-refractivity contribution in [1.29, 1.82) is 0 Å². The van der Waals surface area contributed by atoms with Gasteiger partial charge < -0.3 is 9.88 Å². The molecule has 0 saturated heterocycles. The minimum Gasteiger partial charge on any atom is -0.325 e. The van der Waals surface area contributed by atoms with Gasteiger partial charge in [-0.25, -0.2) is 0 Å². The molecule has 0 fully saturated rings. The highest BCUT2D eigenvalue weighted by molar-refractivity contribution is 7.99. The van der Waals surface area contributed by atoms with Crippen molar-refractivity contribution in [2.24, 2.45) is 7.05 Å². The van der Waals surface area contributed by atoms with Gasteiger partial charge in [0.2, 0.25) is 5.91 Å². The Hall–Kier alpha value is -1.82. The van der Waals surface area contributed by atoms with E-state index in [0.717, 1.165) is 23.1 Å². The van der Waals surface area contributed by atoms with Gasteiger partial charge in [0, 0.05) is 12.7 Å². The Kier molecular flexibility index (Phi) is 4.79. The number of amides is 1. The van der Waals surface area contributed by atoms with E-state index in [1.807, 2.05) is 42.8 Å². The minimum atomic E-state index is -0.0380. The molecule has 5 nitrogen and oxygen atoms in total. The topological polar surface area (TPSA) is 59.8 Å². The van der Waals surface area contributed by atoms with Gasteiger partial charge in [-0.05, 0) is 31.0 Å². The first-order valence-electron chi connectivity index (χ1n) is 6.47. The molecule has 0 radical (unpaired) electrons. The number of nitrogens with zero attached hydrogens (tertiary/aromatic N) is 3. The van der Waals surface area contributed by atoms with Crippen molar-refractivity contribution in [2.45, 2.75) is 25.4 Å². The molecule has 0 aliphatic rings. The minimum absolute atomic E-state index is 0.0380. The lowest BCUT2D eigenvalue weighted by atomic mass is 10.1. The summed E-state index contributed by atoms with van der Waals surface area (Å²) < 4.78 is 1.87. The smallest absolute Gasteiger partial charge is 0.234 e. The molecule has 2 rings (SSSR count). The number of aryl methyl sites for hydroxylation is 2. The van der Waals surface area contributed by atoms with Crippen LogP contribution in [0.15, 0.2) is 29.4 Å². The lowest BCUT2D eigenvalue weighted by Crippen LogP contribution is -2.14. The van der Waals surface area contributed by atoms with Crippen molar-refractivity contribution in [3.63, 3.8) is 0 Å². The summed E-state index contributed by atoms with van der Waals surface area (Å²) in [5.74, 6) is 1.12. The van der Waals surface area contributed by atoms with Crippen LogP contribution >= 0.6 is 11.8 Å². The largest absolute Gasteiger partial charge is 0.325 e. The molecule has 20 heavy (non-hydrogen) atoms. The first-order chi connectivity index (χ1) is 9.60. The zero-order valence-electron chi connectivity index (χ0n) is 11.9. The molecular weight excluding hydrogens is 272 g/mol. The van der Waals surface area contributed by atoms with Crippen LogP contribution in [0.3, 0.4) is 0 Å². The van der Waals surface area contributed by atoms with E-state index < -0.39 is 0 Å². The molecular formula is C14H18N4OS. The van der Waals surface area contributed by atoms with E-state index in [4.69, 9.17) is 0 Å². The van der Waals surface area contributed by atoms with Crippen molar-refractivity contribution in [2.75, 3.05) is 11.1 Å². The van der Waals surface area contributed by atoms with Gasteiger partial charge in [-0.3, -0.25) is 4.79 Å². The van der Waals surface area contributed by atoms with Crippen LogP contribution in [0.5, 0.6) is 0 Å². The summed E-state index contributed by atoms with van der Waals surface area (Å²) >= 11 is 1.38.